The minimum Gasteiger partial charge on any atom is -0.504 e. The maximum atomic E-state index is 10.0. The highest BCUT2D eigenvalue weighted by atomic mass is 35.5. The van der Waals surface area contributed by atoms with E-state index in [1.807, 2.05) is 13.8 Å². The number of rotatable bonds is 3. The molecule has 0 radical (unpaired) electrons. The molecule has 0 fully saturated rings. The largest absolute Gasteiger partial charge is 0.504 e. The fourth-order valence-corrected chi connectivity index (χ4v) is 2.98. The molecular formula is C15H13ClN2O2S. The highest BCUT2D eigenvalue weighted by Gasteiger charge is 2.12. The first kappa shape index (κ1) is 15.4. The summed E-state index contributed by atoms with van der Waals surface area (Å²) in [5, 5.41) is 20.3. The second kappa shape index (κ2) is 6.17. The number of nitrogens with zero attached hydrogens (tertiary/aromatic N) is 2. The van der Waals surface area contributed by atoms with Gasteiger partial charge in [-0.2, -0.15) is 5.26 Å². The standard InChI is InChI=1S/C15H13ClN2O2S/c1-8-9(2)21-15(12(8)6-17)18-7-10-4-11(16)5-13(20-3)14(10)19/h4-5,7,19H,1-3H3. The molecule has 0 aliphatic rings. The molecule has 1 aromatic heterocycles. The highest BCUT2D eigenvalue weighted by Crippen LogP contribution is 2.36. The summed E-state index contributed by atoms with van der Waals surface area (Å²) in [7, 11) is 1.45. The summed E-state index contributed by atoms with van der Waals surface area (Å²) in [6, 6.07) is 5.26. The van der Waals surface area contributed by atoms with Crippen LogP contribution in [0.15, 0.2) is 17.1 Å². The normalized spacial score (nSPS) is 10.8. The first-order valence-corrected chi connectivity index (χ1v) is 7.28. The molecule has 21 heavy (non-hydrogen) atoms. The molecule has 0 unspecified atom stereocenters. The molecule has 1 N–H and O–H groups in total. The molecule has 0 spiro atoms. The quantitative estimate of drug-likeness (QED) is 0.855. The number of phenolic OH excluding ortho intramolecular Hbond substituents is 1. The van der Waals surface area contributed by atoms with Crippen molar-refractivity contribution in [1.82, 2.24) is 0 Å². The van der Waals surface area contributed by atoms with Gasteiger partial charge in [0.15, 0.2) is 11.5 Å². The summed E-state index contributed by atoms with van der Waals surface area (Å²) in [5.74, 6) is 0.247. The molecule has 0 saturated carbocycles. The van der Waals surface area contributed by atoms with Crippen molar-refractivity contribution in [2.45, 2.75) is 13.8 Å². The molecule has 6 heteroatoms. The van der Waals surface area contributed by atoms with Crippen molar-refractivity contribution in [2.24, 2.45) is 4.99 Å². The Labute approximate surface area is 131 Å². The van der Waals surface area contributed by atoms with Crippen LogP contribution in [0, 0.1) is 25.2 Å². The van der Waals surface area contributed by atoms with Gasteiger partial charge in [-0.1, -0.05) is 11.6 Å². The maximum Gasteiger partial charge on any atom is 0.166 e. The van der Waals surface area contributed by atoms with E-state index in [-0.39, 0.29) is 11.5 Å². The monoisotopic (exact) mass is 320 g/mol. The SMILES string of the molecule is COc1cc(Cl)cc(C=Nc2sc(C)c(C)c2C#N)c1O. The molecule has 0 amide bonds. The zero-order valence-electron chi connectivity index (χ0n) is 11.8. The molecule has 0 atom stereocenters. The smallest absolute Gasteiger partial charge is 0.166 e. The average Bonchev–Trinajstić information content (AvgIpc) is 2.74. The minimum absolute atomic E-state index is 0.0332. The first-order valence-electron chi connectivity index (χ1n) is 6.08. The summed E-state index contributed by atoms with van der Waals surface area (Å²) >= 11 is 7.41. The van der Waals surface area contributed by atoms with E-state index in [0.717, 1.165) is 10.4 Å². The lowest BCUT2D eigenvalue weighted by molar-refractivity contribution is 0.373. The molecule has 0 aliphatic heterocycles. The van der Waals surface area contributed by atoms with Crippen LogP contribution in [0.25, 0.3) is 0 Å². The van der Waals surface area contributed by atoms with Gasteiger partial charge in [-0.05, 0) is 25.5 Å². The number of benzene rings is 1. The fourth-order valence-electron chi connectivity index (χ4n) is 1.81. The Hall–Kier alpha value is -2.03. The highest BCUT2D eigenvalue weighted by molar-refractivity contribution is 7.16. The van der Waals surface area contributed by atoms with Crippen molar-refractivity contribution < 1.29 is 9.84 Å². The van der Waals surface area contributed by atoms with Crippen molar-refractivity contribution in [2.75, 3.05) is 7.11 Å². The first-order chi connectivity index (χ1) is 9.97. The van der Waals surface area contributed by atoms with E-state index in [9.17, 15) is 10.4 Å². The van der Waals surface area contributed by atoms with E-state index >= 15 is 0 Å². The molecule has 0 saturated heterocycles. The lowest BCUT2D eigenvalue weighted by Gasteiger charge is -2.06. The number of aryl methyl sites for hydroxylation is 1. The fraction of sp³-hybridized carbons (Fsp3) is 0.200. The number of halogens is 1. The van der Waals surface area contributed by atoms with Crippen LogP contribution in [-0.2, 0) is 0 Å². The number of thiophene rings is 1. The van der Waals surface area contributed by atoms with Gasteiger partial charge >= 0.3 is 0 Å². The Kier molecular flexibility index (Phi) is 4.51. The van der Waals surface area contributed by atoms with Crippen LogP contribution in [0.4, 0.5) is 5.00 Å². The molecule has 1 aromatic carbocycles. The van der Waals surface area contributed by atoms with Gasteiger partial charge in [0.1, 0.15) is 11.1 Å². The number of aromatic hydroxyl groups is 1. The Morgan fingerprint density at radius 1 is 1.43 bits per heavy atom. The van der Waals surface area contributed by atoms with Crippen LogP contribution in [0.3, 0.4) is 0 Å². The molecule has 2 rings (SSSR count). The molecular weight excluding hydrogens is 308 g/mol. The van der Waals surface area contributed by atoms with Gasteiger partial charge in [0, 0.05) is 27.7 Å². The Morgan fingerprint density at radius 2 is 2.14 bits per heavy atom. The Bertz CT molecular complexity index is 760. The number of phenols is 1. The lowest BCUT2D eigenvalue weighted by Crippen LogP contribution is -1.89. The molecule has 0 aliphatic carbocycles. The summed E-state index contributed by atoms with van der Waals surface area (Å²) in [4.78, 5) is 5.35. The third-order valence-corrected chi connectivity index (χ3v) is 4.42. The van der Waals surface area contributed by atoms with Gasteiger partial charge < -0.3 is 9.84 Å². The van der Waals surface area contributed by atoms with Gasteiger partial charge in [0.2, 0.25) is 0 Å². The number of aliphatic imine (C=N–C) groups is 1. The van der Waals surface area contributed by atoms with Crippen molar-refractivity contribution in [3.8, 4) is 17.6 Å². The van der Waals surface area contributed by atoms with Crippen LogP contribution in [0.2, 0.25) is 5.02 Å². The van der Waals surface area contributed by atoms with Crippen molar-refractivity contribution >= 4 is 34.2 Å². The molecule has 108 valence electrons. The zero-order chi connectivity index (χ0) is 15.6. The molecule has 0 bridgehead atoms. The van der Waals surface area contributed by atoms with E-state index in [2.05, 4.69) is 11.1 Å². The van der Waals surface area contributed by atoms with E-state index in [4.69, 9.17) is 16.3 Å². The third kappa shape index (κ3) is 3.02. The van der Waals surface area contributed by atoms with Crippen molar-refractivity contribution in [1.29, 1.82) is 5.26 Å². The van der Waals surface area contributed by atoms with E-state index in [1.54, 1.807) is 6.07 Å². The van der Waals surface area contributed by atoms with Gasteiger partial charge in [-0.25, -0.2) is 4.99 Å². The lowest BCUT2D eigenvalue weighted by atomic mass is 10.2. The molecule has 4 nitrogen and oxygen atoms in total. The predicted molar refractivity (Wildman–Crippen MR) is 85.4 cm³/mol. The third-order valence-electron chi connectivity index (χ3n) is 3.09. The summed E-state index contributed by atoms with van der Waals surface area (Å²) in [5.41, 5.74) is 1.93. The van der Waals surface area contributed by atoms with Crippen LogP contribution >= 0.6 is 22.9 Å². The summed E-state index contributed by atoms with van der Waals surface area (Å²) in [6.07, 6.45) is 1.48. The Morgan fingerprint density at radius 3 is 2.76 bits per heavy atom. The summed E-state index contributed by atoms with van der Waals surface area (Å²) < 4.78 is 5.04. The zero-order valence-corrected chi connectivity index (χ0v) is 13.3. The van der Waals surface area contributed by atoms with Gasteiger partial charge in [-0.15, -0.1) is 11.3 Å². The number of nitriles is 1. The number of hydrogen-bond donors (Lipinski definition) is 1. The maximum absolute atomic E-state index is 10.0. The second-order valence-electron chi connectivity index (χ2n) is 4.38. The number of methoxy groups -OCH3 is 1. The molecule has 2 aromatic rings. The minimum atomic E-state index is -0.0332. The van der Waals surface area contributed by atoms with Crippen LogP contribution < -0.4 is 4.74 Å². The number of ether oxygens (including phenoxy) is 1. The van der Waals surface area contributed by atoms with Crippen LogP contribution in [0.5, 0.6) is 11.5 Å². The second-order valence-corrected chi connectivity index (χ2v) is 6.02. The summed E-state index contributed by atoms with van der Waals surface area (Å²) in [6.45, 7) is 3.84. The van der Waals surface area contributed by atoms with E-state index in [0.29, 0.717) is 21.2 Å². The van der Waals surface area contributed by atoms with E-state index < -0.39 is 0 Å². The molecule has 1 heterocycles. The van der Waals surface area contributed by atoms with Crippen molar-refractivity contribution in [3.63, 3.8) is 0 Å². The Balaban J connectivity index is 2.46. The van der Waals surface area contributed by atoms with E-state index in [1.165, 1.54) is 30.7 Å². The van der Waals surface area contributed by atoms with Crippen LogP contribution in [0.1, 0.15) is 21.6 Å². The van der Waals surface area contributed by atoms with Gasteiger partial charge in [0.05, 0.1) is 12.7 Å². The van der Waals surface area contributed by atoms with Gasteiger partial charge in [0.25, 0.3) is 0 Å². The average molecular weight is 321 g/mol. The number of hydrogen-bond acceptors (Lipinski definition) is 5. The van der Waals surface area contributed by atoms with Crippen molar-refractivity contribution in [3.05, 3.63) is 38.7 Å². The topological polar surface area (TPSA) is 65.6 Å². The van der Waals surface area contributed by atoms with Crippen LogP contribution in [-0.4, -0.2) is 18.4 Å². The van der Waals surface area contributed by atoms with Gasteiger partial charge in [-0.3, -0.25) is 0 Å². The predicted octanol–water partition coefficient (Wildman–Crippen LogP) is 4.35.